The van der Waals surface area contributed by atoms with E-state index in [2.05, 4.69) is 4.98 Å². The van der Waals surface area contributed by atoms with E-state index >= 15 is 0 Å². The summed E-state index contributed by atoms with van der Waals surface area (Å²) in [6.45, 7) is 1.77. The van der Waals surface area contributed by atoms with Gasteiger partial charge in [-0.2, -0.15) is 0 Å². The van der Waals surface area contributed by atoms with Gasteiger partial charge in [-0.3, -0.25) is 4.40 Å². The molecule has 1 N–H and O–H groups in total. The van der Waals surface area contributed by atoms with E-state index in [9.17, 15) is 4.79 Å². The van der Waals surface area contributed by atoms with Gasteiger partial charge in [0.05, 0.1) is 18.2 Å². The van der Waals surface area contributed by atoms with Crippen molar-refractivity contribution in [3.05, 3.63) is 35.4 Å². The molecule has 3 heterocycles. The lowest BCUT2D eigenvalue weighted by Crippen LogP contribution is -1.96. The van der Waals surface area contributed by atoms with Crippen molar-refractivity contribution in [1.82, 2.24) is 9.38 Å². The maximum absolute atomic E-state index is 11.0. The predicted octanol–water partition coefficient (Wildman–Crippen LogP) is 2.66. The van der Waals surface area contributed by atoms with E-state index in [1.165, 1.54) is 11.3 Å². The van der Waals surface area contributed by atoms with Crippen LogP contribution in [0.1, 0.15) is 15.4 Å². The zero-order valence-corrected chi connectivity index (χ0v) is 9.69. The first-order chi connectivity index (χ1) is 8.16. The van der Waals surface area contributed by atoms with Gasteiger partial charge in [0.1, 0.15) is 4.88 Å². The molecule has 86 valence electrons. The van der Waals surface area contributed by atoms with Gasteiger partial charge < -0.3 is 9.52 Å². The summed E-state index contributed by atoms with van der Waals surface area (Å²) >= 11 is 1.17. The van der Waals surface area contributed by atoms with Gasteiger partial charge in [-0.25, -0.2) is 9.78 Å². The molecule has 5 nitrogen and oxygen atoms in total. The lowest BCUT2D eigenvalue weighted by Gasteiger charge is -1.91. The van der Waals surface area contributed by atoms with Crippen molar-refractivity contribution in [3.8, 4) is 11.3 Å². The van der Waals surface area contributed by atoms with E-state index in [4.69, 9.17) is 9.52 Å². The first-order valence-corrected chi connectivity index (χ1v) is 5.73. The Morgan fingerprint density at radius 2 is 2.41 bits per heavy atom. The summed E-state index contributed by atoms with van der Waals surface area (Å²) in [4.78, 5) is 16.3. The number of carboxylic acid groups (broad SMARTS) is 1. The van der Waals surface area contributed by atoms with Gasteiger partial charge in [-0.15, -0.1) is 0 Å². The third-order valence-electron chi connectivity index (χ3n) is 2.57. The predicted molar refractivity (Wildman–Crippen MR) is 62.5 cm³/mol. The molecular formula is C11H8N2O3S. The summed E-state index contributed by atoms with van der Waals surface area (Å²) in [6.07, 6.45) is 5.01. The number of rotatable bonds is 2. The minimum atomic E-state index is -0.914. The van der Waals surface area contributed by atoms with Gasteiger partial charge in [0.15, 0.2) is 4.96 Å². The Morgan fingerprint density at radius 1 is 1.59 bits per heavy atom. The van der Waals surface area contributed by atoms with Gasteiger partial charge >= 0.3 is 5.97 Å². The Bertz CT molecular complexity index is 694. The standard InChI is InChI=1S/C11H8N2O3S/c1-6-9(10(14)15)17-11-12-8(4-13(6)11)7-2-3-16-5-7/h2-5H,1H3,(H,14,15). The smallest absolute Gasteiger partial charge is 0.347 e. The van der Waals surface area contributed by atoms with E-state index in [1.54, 1.807) is 23.9 Å². The van der Waals surface area contributed by atoms with Crippen LogP contribution >= 0.6 is 11.3 Å². The Labute approximate surface area is 99.9 Å². The second-order valence-electron chi connectivity index (χ2n) is 3.61. The molecule has 6 heteroatoms. The molecule has 17 heavy (non-hydrogen) atoms. The summed E-state index contributed by atoms with van der Waals surface area (Å²) < 4.78 is 6.78. The zero-order chi connectivity index (χ0) is 12.0. The van der Waals surface area contributed by atoms with Crippen LogP contribution in [-0.4, -0.2) is 20.5 Å². The summed E-state index contributed by atoms with van der Waals surface area (Å²) in [6, 6.07) is 1.82. The number of imidazole rings is 1. The number of thiazole rings is 1. The molecule has 0 unspecified atom stereocenters. The SMILES string of the molecule is Cc1c(C(=O)O)sc2nc(-c3ccoc3)cn12. The summed E-state index contributed by atoms with van der Waals surface area (Å²) in [5, 5.41) is 8.99. The lowest BCUT2D eigenvalue weighted by atomic mass is 10.3. The largest absolute Gasteiger partial charge is 0.477 e. The van der Waals surface area contributed by atoms with Crippen molar-refractivity contribution < 1.29 is 14.3 Å². The van der Waals surface area contributed by atoms with Crippen molar-refractivity contribution in [2.75, 3.05) is 0 Å². The average Bonchev–Trinajstić information content (AvgIpc) is 2.94. The fourth-order valence-electron chi connectivity index (χ4n) is 1.70. The fraction of sp³-hybridized carbons (Fsp3) is 0.0909. The number of aryl methyl sites for hydroxylation is 1. The van der Waals surface area contributed by atoms with Crippen LogP contribution in [-0.2, 0) is 0 Å². The number of hydrogen-bond acceptors (Lipinski definition) is 4. The number of nitrogens with zero attached hydrogens (tertiary/aromatic N) is 2. The number of aromatic carboxylic acids is 1. The Kier molecular flexibility index (Phi) is 2.05. The molecule has 0 spiro atoms. The fourth-order valence-corrected chi connectivity index (χ4v) is 2.65. The van der Waals surface area contributed by atoms with Crippen LogP contribution in [0.5, 0.6) is 0 Å². The zero-order valence-electron chi connectivity index (χ0n) is 8.88. The molecule has 0 fully saturated rings. The Morgan fingerprint density at radius 3 is 3.00 bits per heavy atom. The molecule has 0 aliphatic heterocycles. The molecule has 0 saturated carbocycles. The summed E-state index contributed by atoms with van der Waals surface area (Å²) in [5.74, 6) is -0.914. The Balaban J connectivity index is 2.19. The summed E-state index contributed by atoms with van der Waals surface area (Å²) in [7, 11) is 0. The van der Waals surface area contributed by atoms with Gasteiger partial charge in [0, 0.05) is 17.5 Å². The highest BCUT2D eigenvalue weighted by atomic mass is 32.1. The molecule has 0 aliphatic rings. The number of carboxylic acids is 1. The number of aromatic nitrogens is 2. The maximum atomic E-state index is 11.0. The molecule has 0 aromatic carbocycles. The number of fused-ring (bicyclic) bond motifs is 1. The third-order valence-corrected chi connectivity index (χ3v) is 3.71. The van der Waals surface area contributed by atoms with Crippen molar-refractivity contribution in [2.24, 2.45) is 0 Å². The summed E-state index contributed by atoms with van der Waals surface area (Å²) in [5.41, 5.74) is 2.36. The van der Waals surface area contributed by atoms with E-state index < -0.39 is 5.97 Å². The van der Waals surface area contributed by atoms with Gasteiger partial charge in [0.2, 0.25) is 0 Å². The highest BCUT2D eigenvalue weighted by molar-refractivity contribution is 7.19. The van der Waals surface area contributed by atoms with Crippen molar-refractivity contribution in [1.29, 1.82) is 0 Å². The molecule has 3 rings (SSSR count). The van der Waals surface area contributed by atoms with E-state index in [0.717, 1.165) is 11.3 Å². The topological polar surface area (TPSA) is 67.7 Å². The third kappa shape index (κ3) is 1.45. The highest BCUT2D eigenvalue weighted by Gasteiger charge is 2.17. The van der Waals surface area contributed by atoms with Crippen LogP contribution in [0, 0.1) is 6.92 Å². The first kappa shape index (κ1) is 10.1. The first-order valence-electron chi connectivity index (χ1n) is 4.91. The van der Waals surface area contributed by atoms with Crippen LogP contribution in [0.4, 0.5) is 0 Å². The number of furan rings is 1. The lowest BCUT2D eigenvalue weighted by molar-refractivity contribution is 0.0701. The van der Waals surface area contributed by atoms with E-state index in [0.29, 0.717) is 15.5 Å². The number of hydrogen-bond donors (Lipinski definition) is 1. The van der Waals surface area contributed by atoms with Crippen LogP contribution in [0.3, 0.4) is 0 Å². The van der Waals surface area contributed by atoms with Crippen LogP contribution < -0.4 is 0 Å². The molecule has 3 aromatic rings. The van der Waals surface area contributed by atoms with Crippen LogP contribution in [0.15, 0.2) is 29.2 Å². The quantitative estimate of drug-likeness (QED) is 0.757. The molecule has 0 bridgehead atoms. The second-order valence-corrected chi connectivity index (χ2v) is 4.59. The van der Waals surface area contributed by atoms with Crippen molar-refractivity contribution in [3.63, 3.8) is 0 Å². The second kappa shape index (κ2) is 3.46. The molecule has 0 amide bonds. The molecular weight excluding hydrogens is 240 g/mol. The molecule has 0 atom stereocenters. The van der Waals surface area contributed by atoms with E-state index in [1.807, 2.05) is 12.3 Å². The van der Waals surface area contributed by atoms with E-state index in [-0.39, 0.29) is 0 Å². The van der Waals surface area contributed by atoms with Crippen LogP contribution in [0.2, 0.25) is 0 Å². The molecule has 0 radical (unpaired) electrons. The van der Waals surface area contributed by atoms with Gasteiger partial charge in [0.25, 0.3) is 0 Å². The maximum Gasteiger partial charge on any atom is 0.347 e. The van der Waals surface area contributed by atoms with Gasteiger partial charge in [-0.1, -0.05) is 11.3 Å². The van der Waals surface area contributed by atoms with Crippen LogP contribution in [0.25, 0.3) is 16.2 Å². The monoisotopic (exact) mass is 248 g/mol. The number of carbonyl (C=O) groups is 1. The normalized spacial score (nSPS) is 11.1. The van der Waals surface area contributed by atoms with Gasteiger partial charge in [-0.05, 0) is 13.0 Å². The molecule has 0 saturated heterocycles. The van der Waals surface area contributed by atoms with Crippen molar-refractivity contribution >= 4 is 22.3 Å². The Hall–Kier alpha value is -2.08. The minimum absolute atomic E-state index is 0.325. The molecule has 0 aliphatic carbocycles. The average molecular weight is 248 g/mol. The molecule has 3 aromatic heterocycles. The minimum Gasteiger partial charge on any atom is -0.477 e. The van der Waals surface area contributed by atoms with Crippen molar-refractivity contribution in [2.45, 2.75) is 6.92 Å². The highest BCUT2D eigenvalue weighted by Crippen LogP contribution is 2.27.